The Morgan fingerprint density at radius 2 is 1.97 bits per heavy atom. The van der Waals surface area contributed by atoms with Gasteiger partial charge in [0.25, 0.3) is 21.5 Å². The molecular formula is C22H24N4O4S. The fourth-order valence-corrected chi connectivity index (χ4v) is 5.31. The van der Waals surface area contributed by atoms with E-state index in [1.165, 1.54) is 12.3 Å². The quantitative estimate of drug-likeness (QED) is 0.645. The number of aromatic nitrogens is 2. The van der Waals surface area contributed by atoms with Gasteiger partial charge in [-0.1, -0.05) is 25.1 Å². The summed E-state index contributed by atoms with van der Waals surface area (Å²) < 4.78 is 27.5. The topological polar surface area (TPSA) is 112 Å². The normalized spacial score (nSPS) is 18.3. The fourth-order valence-electron chi connectivity index (χ4n) is 4.29. The smallest absolute Gasteiger partial charge is 0.269 e. The van der Waals surface area contributed by atoms with Gasteiger partial charge in [0.15, 0.2) is 4.90 Å². The summed E-state index contributed by atoms with van der Waals surface area (Å²) in [7, 11) is -4.36. The average molecular weight is 441 g/mol. The van der Waals surface area contributed by atoms with Crippen molar-refractivity contribution in [2.75, 3.05) is 11.4 Å². The Bertz CT molecular complexity index is 1330. The Kier molecular flexibility index (Phi) is 5.09. The number of pyridine rings is 2. The van der Waals surface area contributed by atoms with Crippen LogP contribution < -0.4 is 15.2 Å². The number of fused-ring (bicyclic) bond motifs is 1. The molecule has 1 aromatic carbocycles. The number of benzene rings is 1. The van der Waals surface area contributed by atoms with E-state index in [-0.39, 0.29) is 11.1 Å². The zero-order valence-electron chi connectivity index (χ0n) is 17.5. The van der Waals surface area contributed by atoms with Crippen molar-refractivity contribution in [3.05, 3.63) is 64.6 Å². The number of para-hydroxylation sites is 1. The molecule has 0 unspecified atom stereocenters. The molecule has 162 valence electrons. The third kappa shape index (κ3) is 3.93. The minimum atomic E-state index is -4.36. The van der Waals surface area contributed by atoms with Gasteiger partial charge in [-0.2, -0.15) is 0 Å². The molecule has 0 bridgehead atoms. The number of amides is 1. The van der Waals surface area contributed by atoms with Gasteiger partial charge in [0.1, 0.15) is 5.82 Å². The van der Waals surface area contributed by atoms with Crippen molar-refractivity contribution in [3.8, 4) is 0 Å². The van der Waals surface area contributed by atoms with Gasteiger partial charge in [0.05, 0.1) is 11.1 Å². The van der Waals surface area contributed by atoms with Gasteiger partial charge in [-0.3, -0.25) is 9.59 Å². The summed E-state index contributed by atoms with van der Waals surface area (Å²) in [5, 5.41) is 0.719. The minimum absolute atomic E-state index is 0.150. The van der Waals surface area contributed by atoms with E-state index in [2.05, 4.69) is 30.7 Å². The molecule has 0 spiro atoms. The van der Waals surface area contributed by atoms with Crippen molar-refractivity contribution >= 4 is 32.7 Å². The Labute approximate surface area is 180 Å². The van der Waals surface area contributed by atoms with E-state index >= 15 is 0 Å². The lowest BCUT2D eigenvalue weighted by Gasteiger charge is -2.34. The molecule has 4 rings (SSSR count). The molecule has 1 amide bonds. The van der Waals surface area contributed by atoms with Crippen LogP contribution in [-0.2, 0) is 10.0 Å². The zero-order chi connectivity index (χ0) is 22.4. The van der Waals surface area contributed by atoms with Gasteiger partial charge in [-0.15, -0.1) is 0 Å². The van der Waals surface area contributed by atoms with Crippen molar-refractivity contribution in [1.29, 1.82) is 0 Å². The molecule has 1 saturated heterocycles. The predicted octanol–water partition coefficient (Wildman–Crippen LogP) is 2.67. The molecule has 0 radical (unpaired) electrons. The predicted molar refractivity (Wildman–Crippen MR) is 119 cm³/mol. The molecule has 1 fully saturated rings. The van der Waals surface area contributed by atoms with Crippen LogP contribution in [0.3, 0.4) is 0 Å². The number of aromatic amines is 1. The number of carbonyl (C=O) groups is 1. The molecule has 1 aliphatic rings. The number of nitrogens with one attached hydrogen (secondary N) is 2. The molecule has 0 aliphatic carbocycles. The largest absolute Gasteiger partial charge is 0.351 e. The highest BCUT2D eigenvalue weighted by Gasteiger charge is 2.39. The molecule has 1 atom stereocenters. The number of hydrogen-bond acceptors (Lipinski definition) is 6. The molecule has 3 heterocycles. The number of carbonyl (C=O) groups excluding carboxylic acids is 1. The molecule has 9 heteroatoms. The van der Waals surface area contributed by atoms with E-state index in [9.17, 15) is 18.0 Å². The van der Waals surface area contributed by atoms with Crippen LogP contribution in [0.1, 0.15) is 37.6 Å². The summed E-state index contributed by atoms with van der Waals surface area (Å²) in [5.74, 6) is 0.000344. The summed E-state index contributed by atoms with van der Waals surface area (Å²) in [6, 6.07) is 11.5. The highest BCUT2D eigenvalue weighted by molar-refractivity contribution is 7.90. The van der Waals surface area contributed by atoms with Crippen molar-refractivity contribution in [1.82, 2.24) is 14.7 Å². The second-order valence-corrected chi connectivity index (χ2v) is 10.2. The van der Waals surface area contributed by atoms with Crippen LogP contribution in [0.4, 0.5) is 5.82 Å². The molecule has 2 aromatic heterocycles. The van der Waals surface area contributed by atoms with Crippen LogP contribution in [0.5, 0.6) is 0 Å². The fraction of sp³-hybridized carbons (Fsp3) is 0.318. The zero-order valence-corrected chi connectivity index (χ0v) is 18.4. The lowest BCUT2D eigenvalue weighted by molar-refractivity contribution is 0.0981. The number of anilines is 1. The van der Waals surface area contributed by atoms with E-state index in [1.807, 2.05) is 29.0 Å². The van der Waals surface area contributed by atoms with E-state index < -0.39 is 26.4 Å². The number of H-pyrrole nitrogens is 1. The molecule has 0 saturated carbocycles. The van der Waals surface area contributed by atoms with Gasteiger partial charge in [-0.25, -0.2) is 18.1 Å². The molecular weight excluding hydrogens is 416 g/mol. The van der Waals surface area contributed by atoms with E-state index in [0.29, 0.717) is 23.8 Å². The Balaban J connectivity index is 1.82. The van der Waals surface area contributed by atoms with Gasteiger partial charge >= 0.3 is 0 Å². The number of nitrogens with zero attached hydrogens (tertiary/aromatic N) is 2. The molecule has 2 N–H and O–H groups in total. The summed E-state index contributed by atoms with van der Waals surface area (Å²) in [6.07, 6.45) is 2.24. The van der Waals surface area contributed by atoms with Gasteiger partial charge in [0, 0.05) is 23.7 Å². The molecule has 1 aliphatic heterocycles. The van der Waals surface area contributed by atoms with Gasteiger partial charge in [-0.05, 0) is 50.5 Å². The lowest BCUT2D eigenvalue weighted by atomic mass is 9.97. The highest BCUT2D eigenvalue weighted by Crippen LogP contribution is 2.38. The molecule has 8 nitrogen and oxygen atoms in total. The van der Waals surface area contributed by atoms with Crippen molar-refractivity contribution in [3.63, 3.8) is 0 Å². The van der Waals surface area contributed by atoms with Gasteiger partial charge in [0.2, 0.25) is 0 Å². The standard InChI is InChI=1S/C22H24N4O4S/c1-14-12-22(2,3)26(13-14)19-16(11-15-7-4-5-8-17(15)24-19)20(27)25-31(29,30)18-9-6-10-23-21(18)28/h4-11,14H,12-13H2,1-3H3,(H,23,28)(H,25,27)/t14-/m0/s1. The van der Waals surface area contributed by atoms with E-state index in [1.54, 1.807) is 6.07 Å². The van der Waals surface area contributed by atoms with Crippen LogP contribution in [0.15, 0.2) is 58.4 Å². The maximum atomic E-state index is 13.2. The summed E-state index contributed by atoms with van der Waals surface area (Å²) in [6.45, 7) is 6.99. The van der Waals surface area contributed by atoms with E-state index in [0.717, 1.165) is 17.9 Å². The second-order valence-electron chi connectivity index (χ2n) is 8.58. The lowest BCUT2D eigenvalue weighted by Crippen LogP contribution is -2.41. The maximum absolute atomic E-state index is 13.2. The van der Waals surface area contributed by atoms with Crippen LogP contribution in [0.25, 0.3) is 10.9 Å². The average Bonchev–Trinajstić information content (AvgIpc) is 2.98. The van der Waals surface area contributed by atoms with Crippen LogP contribution >= 0.6 is 0 Å². The third-order valence-electron chi connectivity index (χ3n) is 5.58. The minimum Gasteiger partial charge on any atom is -0.351 e. The van der Waals surface area contributed by atoms with Crippen molar-refractivity contribution < 1.29 is 13.2 Å². The van der Waals surface area contributed by atoms with Crippen LogP contribution in [0, 0.1) is 5.92 Å². The first kappa shape index (κ1) is 21.0. The SMILES string of the molecule is C[C@@H]1CN(c2nc3ccccc3cc2C(=O)NS(=O)(=O)c2ccc[nH]c2=O)C(C)(C)C1. The Morgan fingerprint density at radius 3 is 2.65 bits per heavy atom. The van der Waals surface area contributed by atoms with Crippen molar-refractivity contribution in [2.45, 2.75) is 37.6 Å². The van der Waals surface area contributed by atoms with Gasteiger partial charge < -0.3 is 9.88 Å². The maximum Gasteiger partial charge on any atom is 0.269 e. The molecule has 31 heavy (non-hydrogen) atoms. The first-order valence-corrected chi connectivity index (χ1v) is 11.5. The highest BCUT2D eigenvalue weighted by atomic mass is 32.2. The summed E-state index contributed by atoms with van der Waals surface area (Å²) in [4.78, 5) is 33.7. The molecule has 3 aromatic rings. The van der Waals surface area contributed by atoms with Crippen LogP contribution in [-0.4, -0.2) is 36.4 Å². The Hall–Kier alpha value is -3.20. The summed E-state index contributed by atoms with van der Waals surface area (Å²) >= 11 is 0. The number of rotatable bonds is 4. The second kappa shape index (κ2) is 7.49. The van der Waals surface area contributed by atoms with E-state index in [4.69, 9.17) is 4.98 Å². The Morgan fingerprint density at radius 1 is 1.23 bits per heavy atom. The van der Waals surface area contributed by atoms with Crippen LogP contribution in [0.2, 0.25) is 0 Å². The third-order valence-corrected chi connectivity index (χ3v) is 6.93. The number of sulfonamides is 1. The number of hydrogen-bond donors (Lipinski definition) is 2. The van der Waals surface area contributed by atoms with Crippen molar-refractivity contribution in [2.24, 2.45) is 5.92 Å². The first-order valence-electron chi connectivity index (χ1n) is 10.0. The summed E-state index contributed by atoms with van der Waals surface area (Å²) in [5.41, 5.74) is -0.183. The first-order chi connectivity index (χ1) is 14.6. The monoisotopic (exact) mass is 440 g/mol.